The smallest absolute Gasteiger partial charge is 0.405 e. The van der Waals surface area contributed by atoms with Gasteiger partial charge in [-0.05, 0) is 18.2 Å². The van der Waals surface area contributed by atoms with Gasteiger partial charge in [-0.2, -0.15) is 4.73 Å². The second kappa shape index (κ2) is 6.89. The molecule has 3 aromatic rings. The molecule has 0 aliphatic carbocycles. The predicted octanol–water partition coefficient (Wildman–Crippen LogP) is 3.56. The van der Waals surface area contributed by atoms with Crippen molar-refractivity contribution in [1.29, 1.82) is 0 Å². The molecular formula is C16H11BrN2O3S. The van der Waals surface area contributed by atoms with Crippen LogP contribution in [0, 0.1) is 5.21 Å². The zero-order valence-electron chi connectivity index (χ0n) is 11.8. The van der Waals surface area contributed by atoms with E-state index in [4.69, 9.17) is 4.74 Å². The summed E-state index contributed by atoms with van der Waals surface area (Å²) >= 11 is 4.90. The topological polar surface area (TPSA) is 66.1 Å². The third-order valence-corrected chi connectivity index (χ3v) is 4.44. The highest BCUT2D eigenvalue weighted by Gasteiger charge is 2.17. The molecule has 0 atom stereocenters. The van der Waals surface area contributed by atoms with Crippen LogP contribution in [-0.2, 0) is 11.3 Å². The van der Waals surface area contributed by atoms with Crippen molar-refractivity contribution in [2.45, 2.75) is 6.61 Å². The first kappa shape index (κ1) is 15.6. The number of pyridine rings is 1. The van der Waals surface area contributed by atoms with Gasteiger partial charge in [-0.1, -0.05) is 28.1 Å². The van der Waals surface area contributed by atoms with E-state index in [1.165, 1.54) is 23.6 Å². The van der Waals surface area contributed by atoms with Crippen LogP contribution in [0.15, 0.2) is 58.5 Å². The molecule has 23 heavy (non-hydrogen) atoms. The molecule has 0 saturated heterocycles. The molecule has 0 saturated carbocycles. The van der Waals surface area contributed by atoms with Crippen LogP contribution in [0.3, 0.4) is 0 Å². The van der Waals surface area contributed by atoms with Gasteiger partial charge in [0.1, 0.15) is 11.6 Å². The molecular weight excluding hydrogens is 380 g/mol. The summed E-state index contributed by atoms with van der Waals surface area (Å²) in [4.78, 5) is 16.3. The lowest BCUT2D eigenvalue weighted by molar-refractivity contribution is -0.608. The molecule has 0 unspecified atom stereocenters. The van der Waals surface area contributed by atoms with Crippen molar-refractivity contribution < 1.29 is 14.3 Å². The first-order valence-electron chi connectivity index (χ1n) is 6.69. The standard InChI is InChI=1S/C16H11BrN2O3S/c17-12-5-3-4-11(8-12)15-18-13(10-23-15)9-22-16(20)14-6-1-2-7-19(14)21/h1-8,10H,9H2. The number of hydrogen-bond acceptors (Lipinski definition) is 5. The quantitative estimate of drug-likeness (QED) is 0.388. The van der Waals surface area contributed by atoms with Crippen molar-refractivity contribution >= 4 is 33.2 Å². The summed E-state index contributed by atoms with van der Waals surface area (Å²) in [7, 11) is 0. The second-order valence-electron chi connectivity index (χ2n) is 4.64. The van der Waals surface area contributed by atoms with Gasteiger partial charge in [-0.3, -0.25) is 0 Å². The monoisotopic (exact) mass is 390 g/mol. The number of rotatable bonds is 4. The number of carbonyl (C=O) groups excluding carboxylic acids is 1. The fourth-order valence-electron chi connectivity index (χ4n) is 1.93. The van der Waals surface area contributed by atoms with Crippen LogP contribution in [0.4, 0.5) is 0 Å². The van der Waals surface area contributed by atoms with Gasteiger partial charge < -0.3 is 9.94 Å². The lowest BCUT2D eigenvalue weighted by Crippen LogP contribution is -2.34. The van der Waals surface area contributed by atoms with Crippen LogP contribution in [0.1, 0.15) is 16.2 Å². The van der Waals surface area contributed by atoms with Crippen LogP contribution in [0.2, 0.25) is 0 Å². The Morgan fingerprint density at radius 2 is 2.17 bits per heavy atom. The van der Waals surface area contributed by atoms with Crippen molar-refractivity contribution in [3.8, 4) is 10.6 Å². The second-order valence-corrected chi connectivity index (χ2v) is 6.42. The van der Waals surface area contributed by atoms with E-state index in [-0.39, 0.29) is 12.3 Å². The van der Waals surface area contributed by atoms with Crippen molar-refractivity contribution in [3.05, 3.63) is 75.1 Å². The maximum Gasteiger partial charge on any atom is 0.405 e. The van der Waals surface area contributed by atoms with Crippen molar-refractivity contribution in [2.24, 2.45) is 0 Å². The molecule has 0 aliphatic rings. The summed E-state index contributed by atoms with van der Waals surface area (Å²) in [6.45, 7) is 0.0260. The number of ether oxygens (including phenoxy) is 1. The van der Waals surface area contributed by atoms with Crippen LogP contribution in [0.5, 0.6) is 0 Å². The maximum absolute atomic E-state index is 11.9. The molecule has 0 amide bonds. The van der Waals surface area contributed by atoms with E-state index >= 15 is 0 Å². The Kier molecular flexibility index (Phi) is 4.68. The van der Waals surface area contributed by atoms with Crippen molar-refractivity contribution in [1.82, 2.24) is 4.98 Å². The molecule has 0 aliphatic heterocycles. The summed E-state index contributed by atoms with van der Waals surface area (Å²) < 4.78 is 6.60. The summed E-state index contributed by atoms with van der Waals surface area (Å²) in [5.41, 5.74) is 1.59. The normalized spacial score (nSPS) is 10.5. The van der Waals surface area contributed by atoms with Gasteiger partial charge in [0.05, 0.1) is 5.69 Å². The summed E-state index contributed by atoms with van der Waals surface area (Å²) in [5.74, 6) is -0.669. The van der Waals surface area contributed by atoms with Gasteiger partial charge >= 0.3 is 11.7 Å². The highest BCUT2D eigenvalue weighted by molar-refractivity contribution is 9.10. The van der Waals surface area contributed by atoms with E-state index in [9.17, 15) is 10.0 Å². The van der Waals surface area contributed by atoms with Gasteiger partial charge in [0.25, 0.3) is 0 Å². The lowest BCUT2D eigenvalue weighted by Gasteiger charge is -2.03. The molecule has 2 aromatic heterocycles. The van der Waals surface area contributed by atoms with Crippen LogP contribution < -0.4 is 4.73 Å². The minimum Gasteiger partial charge on any atom is -0.618 e. The van der Waals surface area contributed by atoms with Gasteiger partial charge in [0.2, 0.25) is 0 Å². The SMILES string of the molecule is O=C(OCc1csc(-c2cccc(Br)c2)n1)c1cccc[n+]1[O-]. The highest BCUT2D eigenvalue weighted by Crippen LogP contribution is 2.26. The molecule has 1 aromatic carbocycles. The fraction of sp³-hybridized carbons (Fsp3) is 0.0625. The molecule has 0 radical (unpaired) electrons. The maximum atomic E-state index is 11.9. The summed E-state index contributed by atoms with van der Waals surface area (Å²) in [6, 6.07) is 12.4. The van der Waals surface area contributed by atoms with E-state index in [1.54, 1.807) is 12.1 Å². The molecule has 0 N–H and O–H groups in total. The van der Waals surface area contributed by atoms with Crippen molar-refractivity contribution in [2.75, 3.05) is 0 Å². The van der Waals surface area contributed by atoms with E-state index in [1.807, 2.05) is 29.6 Å². The van der Waals surface area contributed by atoms with Gasteiger partial charge in [-0.25, -0.2) is 9.78 Å². The summed E-state index contributed by atoms with van der Waals surface area (Å²) in [5, 5.41) is 14.2. The Labute approximate surface area is 144 Å². The number of nitrogens with zero attached hydrogens (tertiary/aromatic N) is 2. The number of thiazole rings is 1. The number of hydrogen-bond donors (Lipinski definition) is 0. The largest absolute Gasteiger partial charge is 0.618 e. The van der Waals surface area contributed by atoms with Crippen molar-refractivity contribution in [3.63, 3.8) is 0 Å². The Bertz CT molecular complexity index is 851. The van der Waals surface area contributed by atoms with Gasteiger partial charge in [-0.15, -0.1) is 11.3 Å². The Hall–Kier alpha value is -2.25. The van der Waals surface area contributed by atoms with E-state index in [0.29, 0.717) is 10.4 Å². The zero-order valence-corrected chi connectivity index (χ0v) is 14.2. The number of aromatic nitrogens is 2. The molecule has 2 heterocycles. The molecule has 116 valence electrons. The van der Waals surface area contributed by atoms with Gasteiger partial charge in [0.15, 0.2) is 6.20 Å². The van der Waals surface area contributed by atoms with Gasteiger partial charge in [0, 0.05) is 27.5 Å². The van der Waals surface area contributed by atoms with E-state index in [0.717, 1.165) is 15.0 Å². The Balaban J connectivity index is 1.68. The number of benzene rings is 1. The minimum absolute atomic E-state index is 0.0260. The highest BCUT2D eigenvalue weighted by atomic mass is 79.9. The van der Waals surface area contributed by atoms with E-state index in [2.05, 4.69) is 20.9 Å². The van der Waals surface area contributed by atoms with Crippen LogP contribution >= 0.6 is 27.3 Å². The van der Waals surface area contributed by atoms with E-state index < -0.39 is 5.97 Å². The average molecular weight is 391 g/mol. The molecule has 5 nitrogen and oxygen atoms in total. The third-order valence-electron chi connectivity index (χ3n) is 3.01. The molecule has 0 fully saturated rings. The van der Waals surface area contributed by atoms with Crippen LogP contribution in [-0.4, -0.2) is 11.0 Å². The number of halogens is 1. The average Bonchev–Trinajstić information content (AvgIpc) is 3.02. The third kappa shape index (κ3) is 3.75. The first-order valence-corrected chi connectivity index (χ1v) is 8.36. The molecule has 3 rings (SSSR count). The lowest BCUT2D eigenvalue weighted by atomic mass is 10.2. The Morgan fingerprint density at radius 1 is 1.30 bits per heavy atom. The minimum atomic E-state index is -0.669. The zero-order chi connectivity index (χ0) is 16.2. The number of carbonyl (C=O) groups is 1. The molecule has 0 bridgehead atoms. The molecule has 7 heteroatoms. The molecule has 0 spiro atoms. The predicted molar refractivity (Wildman–Crippen MR) is 89.8 cm³/mol. The number of esters is 1. The Morgan fingerprint density at radius 3 is 2.96 bits per heavy atom. The summed E-state index contributed by atoms with van der Waals surface area (Å²) in [6.07, 6.45) is 1.25. The fourth-order valence-corrected chi connectivity index (χ4v) is 3.13. The first-order chi connectivity index (χ1) is 11.1. The van der Waals surface area contributed by atoms with Crippen LogP contribution in [0.25, 0.3) is 10.6 Å².